The summed E-state index contributed by atoms with van der Waals surface area (Å²) in [7, 11) is 0. The third-order valence-corrected chi connectivity index (χ3v) is 5.09. The van der Waals surface area contributed by atoms with E-state index in [1.165, 1.54) is 12.1 Å². The van der Waals surface area contributed by atoms with Gasteiger partial charge in [-0.1, -0.05) is 37.3 Å². The van der Waals surface area contributed by atoms with Crippen molar-refractivity contribution in [3.63, 3.8) is 0 Å². The zero-order valence-corrected chi connectivity index (χ0v) is 16.6. The Labute approximate surface area is 165 Å². The van der Waals surface area contributed by atoms with Gasteiger partial charge in [-0.3, -0.25) is 4.79 Å². The molecule has 0 aliphatic rings. The molecule has 1 unspecified atom stereocenters. The fourth-order valence-electron chi connectivity index (χ4n) is 3.36. The highest BCUT2D eigenvalue weighted by atomic mass is 19.1. The van der Waals surface area contributed by atoms with Crippen molar-refractivity contribution in [1.29, 1.82) is 0 Å². The number of aromatic nitrogens is 2. The molecule has 4 nitrogen and oxygen atoms in total. The molecule has 1 aromatic heterocycles. The minimum atomic E-state index is -0.248. The lowest BCUT2D eigenvalue weighted by atomic mass is 10.0. The molecule has 0 bridgehead atoms. The smallest absolute Gasteiger partial charge is 0.220 e. The normalized spacial score (nSPS) is 12.0. The number of hydrogen-bond donors (Lipinski definition) is 1. The summed E-state index contributed by atoms with van der Waals surface area (Å²) in [6.07, 6.45) is 1.07. The first-order chi connectivity index (χ1) is 13.5. The van der Waals surface area contributed by atoms with Gasteiger partial charge in [-0.2, -0.15) is 5.10 Å². The summed E-state index contributed by atoms with van der Waals surface area (Å²) in [5, 5.41) is 7.62. The van der Waals surface area contributed by atoms with Gasteiger partial charge in [0.2, 0.25) is 5.91 Å². The van der Waals surface area contributed by atoms with E-state index in [-0.39, 0.29) is 17.6 Å². The average molecular weight is 379 g/mol. The summed E-state index contributed by atoms with van der Waals surface area (Å²) in [6.45, 7) is 6.57. The fraction of sp³-hybridized carbons (Fsp3) is 0.304. The molecule has 5 heteroatoms. The number of halogens is 1. The number of aryl methyl sites for hydroxylation is 1. The van der Waals surface area contributed by atoms with Gasteiger partial charge < -0.3 is 5.32 Å². The molecule has 0 radical (unpaired) electrons. The van der Waals surface area contributed by atoms with E-state index in [9.17, 15) is 9.18 Å². The second-order valence-corrected chi connectivity index (χ2v) is 7.15. The second kappa shape index (κ2) is 8.83. The Balaban J connectivity index is 1.56. The van der Waals surface area contributed by atoms with Crippen molar-refractivity contribution in [2.45, 2.75) is 39.5 Å². The first-order valence-corrected chi connectivity index (χ1v) is 9.58. The van der Waals surface area contributed by atoms with Crippen LogP contribution < -0.4 is 5.32 Å². The molecule has 2 aromatic carbocycles. The highest BCUT2D eigenvalue weighted by Gasteiger charge is 2.14. The molecule has 1 amide bonds. The maximum Gasteiger partial charge on any atom is 0.220 e. The molecule has 0 spiro atoms. The second-order valence-electron chi connectivity index (χ2n) is 7.15. The monoisotopic (exact) mass is 379 g/mol. The van der Waals surface area contributed by atoms with Crippen LogP contribution in [0.1, 0.15) is 41.8 Å². The van der Waals surface area contributed by atoms with Crippen LogP contribution in [0.3, 0.4) is 0 Å². The van der Waals surface area contributed by atoms with E-state index in [0.717, 1.165) is 28.2 Å². The average Bonchev–Trinajstić information content (AvgIpc) is 2.99. The number of carbonyl (C=O) groups excluding carboxylic acids is 1. The quantitative estimate of drug-likeness (QED) is 0.658. The number of benzene rings is 2. The molecule has 1 N–H and O–H groups in total. The Hall–Kier alpha value is -2.95. The van der Waals surface area contributed by atoms with Gasteiger partial charge in [-0.05, 0) is 61.6 Å². The summed E-state index contributed by atoms with van der Waals surface area (Å²) in [6, 6.07) is 16.4. The van der Waals surface area contributed by atoms with E-state index in [1.807, 2.05) is 55.8 Å². The number of nitrogens with one attached hydrogen (secondary N) is 1. The number of carbonyl (C=O) groups is 1. The van der Waals surface area contributed by atoms with Crippen LogP contribution in [0.5, 0.6) is 0 Å². The lowest BCUT2D eigenvalue weighted by molar-refractivity contribution is -0.121. The van der Waals surface area contributed by atoms with Crippen LogP contribution in [0.15, 0.2) is 54.6 Å². The predicted octanol–water partition coefficient (Wildman–Crippen LogP) is 4.48. The van der Waals surface area contributed by atoms with Crippen LogP contribution in [-0.4, -0.2) is 22.2 Å². The van der Waals surface area contributed by atoms with Gasteiger partial charge in [-0.15, -0.1) is 0 Å². The van der Waals surface area contributed by atoms with Crippen LogP contribution in [0.4, 0.5) is 4.39 Å². The van der Waals surface area contributed by atoms with Crippen LogP contribution in [-0.2, 0) is 11.2 Å². The number of amides is 1. The molecule has 0 aliphatic heterocycles. The minimum Gasteiger partial charge on any atom is -0.355 e. The van der Waals surface area contributed by atoms with E-state index in [1.54, 1.807) is 12.1 Å². The van der Waals surface area contributed by atoms with Crippen LogP contribution >= 0.6 is 0 Å². The van der Waals surface area contributed by atoms with Crippen molar-refractivity contribution in [3.05, 3.63) is 82.9 Å². The van der Waals surface area contributed by atoms with E-state index in [0.29, 0.717) is 19.4 Å². The summed E-state index contributed by atoms with van der Waals surface area (Å²) >= 11 is 0. The Morgan fingerprint density at radius 2 is 1.79 bits per heavy atom. The van der Waals surface area contributed by atoms with Crippen LogP contribution in [0, 0.1) is 19.7 Å². The number of rotatable bonds is 7. The summed E-state index contributed by atoms with van der Waals surface area (Å²) < 4.78 is 15.0. The molecule has 3 aromatic rings. The first-order valence-electron chi connectivity index (χ1n) is 9.58. The van der Waals surface area contributed by atoms with Crippen molar-refractivity contribution in [2.24, 2.45) is 0 Å². The zero-order chi connectivity index (χ0) is 20.1. The molecule has 1 atom stereocenters. The third kappa shape index (κ3) is 4.66. The fourth-order valence-corrected chi connectivity index (χ4v) is 3.36. The minimum absolute atomic E-state index is 0.0141. The van der Waals surface area contributed by atoms with E-state index in [4.69, 9.17) is 0 Å². The summed E-state index contributed by atoms with van der Waals surface area (Å²) in [5.41, 5.74) is 5.17. The molecular weight excluding hydrogens is 353 g/mol. The van der Waals surface area contributed by atoms with E-state index in [2.05, 4.69) is 10.4 Å². The molecule has 3 rings (SSSR count). The van der Waals surface area contributed by atoms with Crippen LogP contribution in [0.2, 0.25) is 0 Å². The summed E-state index contributed by atoms with van der Waals surface area (Å²) in [5.74, 6) is -0.101. The lowest BCUT2D eigenvalue weighted by Crippen LogP contribution is -2.27. The molecule has 0 aliphatic carbocycles. The largest absolute Gasteiger partial charge is 0.355 e. The molecular formula is C23H26FN3O. The Bertz CT molecular complexity index is 932. The lowest BCUT2D eigenvalue weighted by Gasteiger charge is -2.13. The summed E-state index contributed by atoms with van der Waals surface area (Å²) in [4.78, 5) is 12.3. The standard InChI is InChI=1S/C23H26FN3O/c1-16(19-9-11-20(24)12-10-19)15-25-23(28)14-13-22-17(2)26-27(18(22)3)21-7-5-4-6-8-21/h4-12,16H,13-15H2,1-3H3,(H,25,28). The maximum atomic E-state index is 13.0. The number of hydrogen-bond acceptors (Lipinski definition) is 2. The predicted molar refractivity (Wildman–Crippen MR) is 109 cm³/mol. The van der Waals surface area contributed by atoms with Crippen molar-refractivity contribution in [2.75, 3.05) is 6.54 Å². The molecule has 146 valence electrons. The van der Waals surface area contributed by atoms with E-state index < -0.39 is 0 Å². The van der Waals surface area contributed by atoms with Gasteiger partial charge in [0.25, 0.3) is 0 Å². The number of para-hydroxylation sites is 1. The SMILES string of the molecule is Cc1nn(-c2ccccc2)c(C)c1CCC(=O)NCC(C)c1ccc(F)cc1. The van der Waals surface area contributed by atoms with Gasteiger partial charge in [-0.25, -0.2) is 9.07 Å². The van der Waals surface area contributed by atoms with Gasteiger partial charge in [0.1, 0.15) is 5.82 Å². The molecule has 1 heterocycles. The first kappa shape index (κ1) is 19.8. The third-order valence-electron chi connectivity index (χ3n) is 5.09. The molecule has 28 heavy (non-hydrogen) atoms. The van der Waals surface area contributed by atoms with Crippen molar-refractivity contribution in [1.82, 2.24) is 15.1 Å². The Morgan fingerprint density at radius 1 is 1.11 bits per heavy atom. The maximum absolute atomic E-state index is 13.0. The molecule has 0 fully saturated rings. The highest BCUT2D eigenvalue weighted by molar-refractivity contribution is 5.76. The molecule has 0 saturated heterocycles. The number of nitrogens with zero attached hydrogens (tertiary/aromatic N) is 2. The van der Waals surface area contributed by atoms with Crippen molar-refractivity contribution >= 4 is 5.91 Å². The van der Waals surface area contributed by atoms with Gasteiger partial charge in [0, 0.05) is 18.7 Å². The molecule has 0 saturated carbocycles. The zero-order valence-electron chi connectivity index (χ0n) is 16.6. The van der Waals surface area contributed by atoms with Gasteiger partial charge in [0.15, 0.2) is 0 Å². The highest BCUT2D eigenvalue weighted by Crippen LogP contribution is 2.19. The topological polar surface area (TPSA) is 46.9 Å². The van der Waals surface area contributed by atoms with E-state index >= 15 is 0 Å². The van der Waals surface area contributed by atoms with Crippen LogP contribution in [0.25, 0.3) is 5.69 Å². The Kier molecular flexibility index (Phi) is 6.24. The van der Waals surface area contributed by atoms with Gasteiger partial charge in [0.05, 0.1) is 11.4 Å². The Morgan fingerprint density at radius 3 is 2.46 bits per heavy atom. The van der Waals surface area contributed by atoms with Crippen molar-refractivity contribution in [3.8, 4) is 5.69 Å². The van der Waals surface area contributed by atoms with Crippen molar-refractivity contribution < 1.29 is 9.18 Å². The van der Waals surface area contributed by atoms with Gasteiger partial charge >= 0.3 is 0 Å².